The minimum Gasteiger partial charge on any atom is -0.294 e. The normalized spacial score (nSPS) is 12.0. The first-order valence-corrected chi connectivity index (χ1v) is 10.6. The lowest BCUT2D eigenvalue weighted by Crippen LogP contribution is -2.23. The van der Waals surface area contributed by atoms with Crippen LogP contribution >= 0.6 is 11.3 Å². The Morgan fingerprint density at radius 2 is 1.64 bits per heavy atom. The standard InChI is InChI=1S/C19H15F2N3O2S2/c1-12-18(10-22-28(25,26)16-8-6-15(21)7-9-16)27-19-23-17(11-24(12)19)13-2-4-14(20)5-3-13/h2-9,11,22H,10H2,1H3. The molecule has 0 amide bonds. The Balaban J connectivity index is 1.56. The molecule has 4 rings (SSSR count). The lowest BCUT2D eigenvalue weighted by molar-refractivity contribution is 0.580. The number of fused-ring (bicyclic) bond motifs is 1. The number of thiazole rings is 1. The predicted octanol–water partition coefficient (Wildman–Crippen LogP) is 4.13. The van der Waals surface area contributed by atoms with Gasteiger partial charge in [-0.2, -0.15) is 0 Å². The number of aromatic nitrogens is 2. The van der Waals surface area contributed by atoms with Crippen LogP contribution in [0.4, 0.5) is 8.78 Å². The Bertz CT molecular complexity index is 1250. The number of halogens is 2. The van der Waals surface area contributed by atoms with E-state index in [1.807, 2.05) is 17.5 Å². The fourth-order valence-corrected chi connectivity index (χ4v) is 4.90. The van der Waals surface area contributed by atoms with Gasteiger partial charge in [0.15, 0.2) is 4.96 Å². The molecule has 4 aromatic rings. The number of benzene rings is 2. The maximum Gasteiger partial charge on any atom is 0.240 e. The first kappa shape index (κ1) is 18.7. The summed E-state index contributed by atoms with van der Waals surface area (Å²) >= 11 is 1.37. The van der Waals surface area contributed by atoms with Gasteiger partial charge in [0.1, 0.15) is 11.6 Å². The van der Waals surface area contributed by atoms with Crippen molar-refractivity contribution >= 4 is 26.3 Å². The topological polar surface area (TPSA) is 63.5 Å². The van der Waals surface area contributed by atoms with Crippen LogP contribution in [0.15, 0.2) is 59.6 Å². The van der Waals surface area contributed by atoms with Crippen LogP contribution in [0.25, 0.3) is 16.2 Å². The van der Waals surface area contributed by atoms with Crippen LogP contribution in [-0.2, 0) is 16.6 Å². The highest BCUT2D eigenvalue weighted by Crippen LogP contribution is 2.27. The van der Waals surface area contributed by atoms with Gasteiger partial charge in [0.25, 0.3) is 0 Å². The van der Waals surface area contributed by atoms with E-state index >= 15 is 0 Å². The van der Waals surface area contributed by atoms with E-state index in [4.69, 9.17) is 0 Å². The smallest absolute Gasteiger partial charge is 0.240 e. The van der Waals surface area contributed by atoms with Crippen molar-refractivity contribution in [1.82, 2.24) is 14.1 Å². The molecule has 2 heterocycles. The summed E-state index contributed by atoms with van der Waals surface area (Å²) in [5, 5.41) is 0. The Kier molecular flexibility index (Phi) is 4.74. The van der Waals surface area contributed by atoms with Gasteiger partial charge in [-0.3, -0.25) is 4.40 Å². The molecular weight excluding hydrogens is 404 g/mol. The molecule has 2 aromatic carbocycles. The van der Waals surface area contributed by atoms with Crippen molar-refractivity contribution in [3.8, 4) is 11.3 Å². The number of sulfonamides is 1. The summed E-state index contributed by atoms with van der Waals surface area (Å²) in [7, 11) is -3.74. The molecule has 144 valence electrons. The molecule has 0 bridgehead atoms. The molecule has 0 spiro atoms. The Morgan fingerprint density at radius 3 is 2.25 bits per heavy atom. The number of nitrogens with one attached hydrogen (secondary N) is 1. The molecule has 0 radical (unpaired) electrons. The van der Waals surface area contributed by atoms with Gasteiger partial charge in [0.2, 0.25) is 10.0 Å². The quantitative estimate of drug-likeness (QED) is 0.529. The van der Waals surface area contributed by atoms with Crippen LogP contribution in [0.5, 0.6) is 0 Å². The van der Waals surface area contributed by atoms with Crippen LogP contribution in [0.2, 0.25) is 0 Å². The third-order valence-electron chi connectivity index (χ3n) is 4.34. The van der Waals surface area contributed by atoms with E-state index in [2.05, 4.69) is 9.71 Å². The number of aryl methyl sites for hydroxylation is 1. The minimum absolute atomic E-state index is 0.00600. The van der Waals surface area contributed by atoms with Crippen LogP contribution in [-0.4, -0.2) is 17.8 Å². The molecule has 9 heteroatoms. The number of rotatable bonds is 5. The van der Waals surface area contributed by atoms with Gasteiger partial charge < -0.3 is 0 Å². The lowest BCUT2D eigenvalue weighted by atomic mass is 10.2. The molecule has 0 aliphatic heterocycles. The van der Waals surface area contributed by atoms with Crippen molar-refractivity contribution in [1.29, 1.82) is 0 Å². The van der Waals surface area contributed by atoms with Crippen LogP contribution < -0.4 is 4.72 Å². The van der Waals surface area contributed by atoms with Gasteiger partial charge in [-0.05, 0) is 55.5 Å². The minimum atomic E-state index is -3.74. The lowest BCUT2D eigenvalue weighted by Gasteiger charge is -2.06. The van der Waals surface area contributed by atoms with Gasteiger partial charge in [-0.25, -0.2) is 26.9 Å². The van der Waals surface area contributed by atoms with E-state index in [1.54, 1.807) is 12.1 Å². The highest BCUT2D eigenvalue weighted by atomic mass is 32.2. The summed E-state index contributed by atoms with van der Waals surface area (Å²) in [6.45, 7) is 1.98. The molecule has 0 saturated carbocycles. The first-order valence-electron chi connectivity index (χ1n) is 8.32. The number of imidazole rings is 1. The van der Waals surface area contributed by atoms with Crippen LogP contribution in [0, 0.1) is 18.6 Å². The molecule has 0 unspecified atom stereocenters. The van der Waals surface area contributed by atoms with Gasteiger partial charge in [-0.1, -0.05) is 11.3 Å². The van der Waals surface area contributed by atoms with E-state index in [1.165, 1.54) is 35.6 Å². The summed E-state index contributed by atoms with van der Waals surface area (Å²) in [6, 6.07) is 10.7. The molecule has 5 nitrogen and oxygen atoms in total. The number of hydrogen-bond donors (Lipinski definition) is 1. The molecule has 0 saturated heterocycles. The van der Waals surface area contributed by atoms with E-state index in [9.17, 15) is 17.2 Å². The van der Waals surface area contributed by atoms with Gasteiger partial charge in [0, 0.05) is 28.9 Å². The second-order valence-electron chi connectivity index (χ2n) is 6.17. The Hall–Kier alpha value is -2.62. The van der Waals surface area contributed by atoms with Crippen molar-refractivity contribution in [2.45, 2.75) is 18.4 Å². The molecular formula is C19H15F2N3O2S2. The largest absolute Gasteiger partial charge is 0.294 e. The summed E-state index contributed by atoms with van der Waals surface area (Å²) in [5.41, 5.74) is 2.38. The zero-order chi connectivity index (χ0) is 19.9. The third kappa shape index (κ3) is 3.56. The average molecular weight is 419 g/mol. The van der Waals surface area contributed by atoms with Gasteiger partial charge in [-0.15, -0.1) is 0 Å². The monoisotopic (exact) mass is 419 g/mol. The predicted molar refractivity (Wildman–Crippen MR) is 104 cm³/mol. The Morgan fingerprint density at radius 1 is 1.04 bits per heavy atom. The SMILES string of the molecule is Cc1c(CNS(=O)(=O)c2ccc(F)cc2)sc2nc(-c3ccc(F)cc3)cn12. The summed E-state index contributed by atoms with van der Waals surface area (Å²) < 4.78 is 55.2. The molecule has 0 aliphatic carbocycles. The van der Waals surface area contributed by atoms with Crippen LogP contribution in [0.3, 0.4) is 0 Å². The van der Waals surface area contributed by atoms with E-state index < -0.39 is 15.8 Å². The van der Waals surface area contributed by atoms with Crippen LogP contribution in [0.1, 0.15) is 10.6 Å². The second kappa shape index (κ2) is 7.08. The fourth-order valence-electron chi connectivity index (χ4n) is 2.78. The van der Waals surface area contributed by atoms with Gasteiger partial charge in [0.05, 0.1) is 10.6 Å². The molecule has 28 heavy (non-hydrogen) atoms. The average Bonchev–Trinajstić information content (AvgIpc) is 3.21. The number of hydrogen-bond acceptors (Lipinski definition) is 4. The van der Waals surface area contributed by atoms with Crippen molar-refractivity contribution in [2.24, 2.45) is 0 Å². The van der Waals surface area contributed by atoms with E-state index in [-0.39, 0.29) is 17.3 Å². The van der Waals surface area contributed by atoms with Crippen molar-refractivity contribution < 1.29 is 17.2 Å². The van der Waals surface area contributed by atoms with Gasteiger partial charge >= 0.3 is 0 Å². The van der Waals surface area contributed by atoms with Crippen molar-refractivity contribution in [2.75, 3.05) is 0 Å². The summed E-state index contributed by atoms with van der Waals surface area (Å²) in [4.78, 5) is 6.09. The number of nitrogens with zero attached hydrogens (tertiary/aromatic N) is 2. The van der Waals surface area contributed by atoms with E-state index in [0.717, 1.165) is 28.3 Å². The molecule has 1 N–H and O–H groups in total. The van der Waals surface area contributed by atoms with E-state index in [0.29, 0.717) is 10.7 Å². The zero-order valence-corrected chi connectivity index (χ0v) is 16.3. The Labute approximate surface area is 164 Å². The summed E-state index contributed by atoms with van der Waals surface area (Å²) in [5.74, 6) is -0.803. The maximum absolute atomic E-state index is 13.1. The summed E-state index contributed by atoms with van der Waals surface area (Å²) in [6.07, 6.45) is 1.84. The molecule has 2 aromatic heterocycles. The fraction of sp³-hybridized carbons (Fsp3) is 0.105. The maximum atomic E-state index is 13.1. The first-order chi connectivity index (χ1) is 13.3. The highest BCUT2D eigenvalue weighted by Gasteiger charge is 2.17. The third-order valence-corrected chi connectivity index (χ3v) is 6.91. The van der Waals surface area contributed by atoms with Crippen molar-refractivity contribution in [3.63, 3.8) is 0 Å². The molecule has 0 aliphatic rings. The highest BCUT2D eigenvalue weighted by molar-refractivity contribution is 7.89. The zero-order valence-electron chi connectivity index (χ0n) is 14.7. The molecule has 0 atom stereocenters. The second-order valence-corrected chi connectivity index (χ2v) is 9.00. The molecule has 0 fully saturated rings. The van der Waals surface area contributed by atoms with Crippen molar-refractivity contribution in [3.05, 3.63) is 76.9 Å².